The molecule has 3 aromatic carbocycles. The van der Waals surface area contributed by atoms with Gasteiger partial charge in [0.15, 0.2) is 17.3 Å². The van der Waals surface area contributed by atoms with Crippen molar-refractivity contribution in [3.8, 4) is 23.0 Å². The van der Waals surface area contributed by atoms with Crippen LogP contribution in [0.1, 0.15) is 28.4 Å². The number of fused-ring (bicyclic) bond motifs is 2. The number of hydrogen-bond donors (Lipinski definition) is 2. The van der Waals surface area contributed by atoms with Crippen molar-refractivity contribution in [1.29, 1.82) is 0 Å². The largest absolute Gasteiger partial charge is 0.506 e. The minimum Gasteiger partial charge on any atom is -0.506 e. The number of rotatable bonds is 7. The lowest BCUT2D eigenvalue weighted by Crippen LogP contribution is -2.26. The highest BCUT2D eigenvalue weighted by atomic mass is 16.7. The smallest absolute Gasteiger partial charge is 0.265 e. The van der Waals surface area contributed by atoms with Gasteiger partial charge >= 0.3 is 0 Å². The van der Waals surface area contributed by atoms with E-state index >= 15 is 0 Å². The fourth-order valence-corrected chi connectivity index (χ4v) is 4.29. The predicted molar refractivity (Wildman–Crippen MR) is 132 cm³/mol. The van der Waals surface area contributed by atoms with Gasteiger partial charge in [-0.1, -0.05) is 18.2 Å². The zero-order valence-electron chi connectivity index (χ0n) is 19.3. The molecule has 0 saturated heterocycles. The fraction of sp³-hybridized carbons (Fsp3) is 0.185. The summed E-state index contributed by atoms with van der Waals surface area (Å²) in [6.07, 6.45) is -0.0766. The van der Waals surface area contributed by atoms with Crippen LogP contribution in [0.15, 0.2) is 71.5 Å². The maximum Gasteiger partial charge on any atom is 0.265 e. The van der Waals surface area contributed by atoms with E-state index in [4.69, 9.17) is 14.2 Å². The Morgan fingerprint density at radius 2 is 1.83 bits per heavy atom. The van der Waals surface area contributed by atoms with Crippen LogP contribution in [0.4, 0.5) is 5.69 Å². The molecule has 0 unspecified atom stereocenters. The third-order valence-electron chi connectivity index (χ3n) is 6.17. The fourth-order valence-electron chi connectivity index (χ4n) is 4.29. The van der Waals surface area contributed by atoms with E-state index in [0.717, 1.165) is 11.3 Å². The van der Waals surface area contributed by atoms with Gasteiger partial charge in [0.05, 0.1) is 18.7 Å². The molecule has 8 nitrogen and oxygen atoms in total. The molecule has 0 aliphatic carbocycles. The van der Waals surface area contributed by atoms with Gasteiger partial charge < -0.3 is 29.2 Å². The van der Waals surface area contributed by atoms with Gasteiger partial charge in [0.2, 0.25) is 6.79 Å². The van der Waals surface area contributed by atoms with E-state index in [-0.39, 0.29) is 24.5 Å². The summed E-state index contributed by atoms with van der Waals surface area (Å²) in [5.41, 5.74) is 1.32. The second kappa shape index (κ2) is 9.06. The first-order valence-electron chi connectivity index (χ1n) is 11.1. The summed E-state index contributed by atoms with van der Waals surface area (Å²) in [7, 11) is 3.18. The molecule has 178 valence electrons. The summed E-state index contributed by atoms with van der Waals surface area (Å²) in [6.45, 7) is 0.134. The van der Waals surface area contributed by atoms with Crippen molar-refractivity contribution in [3.05, 3.63) is 88.2 Å². The first-order chi connectivity index (χ1) is 17.0. The predicted octanol–water partition coefficient (Wildman–Crippen LogP) is 4.41. The molecule has 0 saturated carbocycles. The van der Waals surface area contributed by atoms with E-state index in [1.807, 2.05) is 36.4 Å². The van der Waals surface area contributed by atoms with Crippen LogP contribution >= 0.6 is 0 Å². The highest BCUT2D eigenvalue weighted by Crippen LogP contribution is 2.37. The standard InChI is InChI=1S/C27H24N2O6/c1-29-21-6-4-3-5-19(21)26(31)25(27(29)32)22(30)14-20(28-17-8-10-18(33-2)11-9-17)16-7-12-23-24(13-16)35-15-34-23/h3-13,20,28,31H,14-15H2,1-2H3/t20-/m0/s1. The summed E-state index contributed by atoms with van der Waals surface area (Å²) < 4.78 is 17.5. The zero-order chi connectivity index (χ0) is 24.5. The maximum absolute atomic E-state index is 13.5. The lowest BCUT2D eigenvalue weighted by atomic mass is 9.96. The minimum absolute atomic E-state index is 0.0766. The number of nitrogens with zero attached hydrogens (tertiary/aromatic N) is 1. The maximum atomic E-state index is 13.5. The van der Waals surface area contributed by atoms with Crippen LogP contribution in [0, 0.1) is 0 Å². The number of ether oxygens (including phenoxy) is 3. The van der Waals surface area contributed by atoms with Crippen molar-refractivity contribution in [1.82, 2.24) is 4.57 Å². The average Bonchev–Trinajstić information content (AvgIpc) is 3.35. The van der Waals surface area contributed by atoms with E-state index in [9.17, 15) is 14.7 Å². The van der Waals surface area contributed by atoms with Crippen LogP contribution in [0.5, 0.6) is 23.0 Å². The Bertz CT molecular complexity index is 1480. The zero-order valence-corrected chi connectivity index (χ0v) is 19.3. The molecular weight excluding hydrogens is 448 g/mol. The first-order valence-corrected chi connectivity index (χ1v) is 11.1. The van der Waals surface area contributed by atoms with Gasteiger partial charge in [-0.05, 0) is 54.1 Å². The van der Waals surface area contributed by atoms with Crippen LogP contribution in [0.2, 0.25) is 0 Å². The monoisotopic (exact) mass is 472 g/mol. The summed E-state index contributed by atoms with van der Waals surface area (Å²) >= 11 is 0. The van der Waals surface area contributed by atoms with Crippen molar-refractivity contribution in [2.24, 2.45) is 7.05 Å². The number of hydrogen-bond acceptors (Lipinski definition) is 7. The molecule has 1 atom stereocenters. The van der Waals surface area contributed by atoms with E-state index < -0.39 is 17.4 Å². The molecule has 2 N–H and O–H groups in total. The number of ketones is 1. The summed E-state index contributed by atoms with van der Waals surface area (Å²) in [6, 6.07) is 19.2. The Kier molecular flexibility index (Phi) is 5.78. The number of pyridine rings is 1. The SMILES string of the molecule is COc1ccc(N[C@@H](CC(=O)c2c(O)c3ccccc3n(C)c2=O)c2ccc3c(c2)OCO3)cc1. The Labute approximate surface area is 201 Å². The quantitative estimate of drug-likeness (QED) is 0.385. The third-order valence-corrected chi connectivity index (χ3v) is 6.17. The molecule has 0 radical (unpaired) electrons. The molecule has 35 heavy (non-hydrogen) atoms. The number of benzene rings is 3. The molecule has 5 rings (SSSR count). The van der Waals surface area contributed by atoms with Crippen LogP contribution in [0.3, 0.4) is 0 Å². The molecule has 1 aromatic heterocycles. The average molecular weight is 472 g/mol. The van der Waals surface area contributed by atoms with E-state index in [1.165, 1.54) is 4.57 Å². The highest BCUT2D eigenvalue weighted by molar-refractivity contribution is 6.03. The van der Waals surface area contributed by atoms with Gasteiger partial charge in [-0.2, -0.15) is 0 Å². The second-order valence-electron chi connectivity index (χ2n) is 8.27. The van der Waals surface area contributed by atoms with Gasteiger partial charge in [-0.25, -0.2) is 0 Å². The molecule has 0 fully saturated rings. The number of Topliss-reactive ketones (excluding diaryl/α,β-unsaturated/α-hetero) is 1. The van der Waals surface area contributed by atoms with Gasteiger partial charge in [-0.15, -0.1) is 0 Å². The summed E-state index contributed by atoms with van der Waals surface area (Å²) in [5.74, 6) is 1.14. The van der Waals surface area contributed by atoms with Crippen LogP contribution < -0.4 is 25.1 Å². The lowest BCUT2D eigenvalue weighted by Gasteiger charge is -2.21. The number of carbonyl (C=O) groups excluding carboxylic acids is 1. The van der Waals surface area contributed by atoms with Gasteiger partial charge in [0.1, 0.15) is 17.1 Å². The number of methoxy groups -OCH3 is 1. The topological polar surface area (TPSA) is 99.0 Å². The van der Waals surface area contributed by atoms with E-state index in [2.05, 4.69) is 5.32 Å². The van der Waals surface area contributed by atoms with Crippen LogP contribution in [-0.4, -0.2) is 29.4 Å². The van der Waals surface area contributed by atoms with E-state index in [0.29, 0.717) is 28.2 Å². The second-order valence-corrected chi connectivity index (χ2v) is 8.27. The molecule has 0 amide bonds. The number of nitrogens with one attached hydrogen (secondary N) is 1. The Balaban J connectivity index is 1.53. The van der Waals surface area contributed by atoms with Gasteiger partial charge in [0, 0.05) is 24.5 Å². The summed E-state index contributed by atoms with van der Waals surface area (Å²) in [5, 5.41) is 14.7. The van der Waals surface area contributed by atoms with Gasteiger partial charge in [0.25, 0.3) is 5.56 Å². The van der Waals surface area contributed by atoms with Crippen LogP contribution in [0.25, 0.3) is 10.9 Å². The molecule has 8 heteroatoms. The van der Waals surface area contributed by atoms with Gasteiger partial charge in [-0.3, -0.25) is 9.59 Å². The first kappa shape index (κ1) is 22.3. The normalized spacial score (nSPS) is 13.0. The van der Waals surface area contributed by atoms with Crippen molar-refractivity contribution < 1.29 is 24.1 Å². The Morgan fingerprint density at radius 1 is 1.09 bits per heavy atom. The number of aromatic nitrogens is 1. The number of anilines is 1. The molecular formula is C27H24N2O6. The third kappa shape index (κ3) is 4.14. The van der Waals surface area contributed by atoms with Crippen molar-refractivity contribution in [3.63, 3.8) is 0 Å². The Morgan fingerprint density at radius 3 is 2.60 bits per heavy atom. The molecule has 1 aliphatic rings. The lowest BCUT2D eigenvalue weighted by molar-refractivity contribution is 0.0972. The van der Waals surface area contributed by atoms with Crippen molar-refractivity contribution >= 4 is 22.4 Å². The van der Waals surface area contributed by atoms with Crippen molar-refractivity contribution in [2.75, 3.05) is 19.2 Å². The van der Waals surface area contributed by atoms with Crippen molar-refractivity contribution in [2.45, 2.75) is 12.5 Å². The van der Waals surface area contributed by atoms with Crippen LogP contribution in [-0.2, 0) is 7.05 Å². The molecule has 0 spiro atoms. The number of carbonyl (C=O) groups is 1. The minimum atomic E-state index is -0.542. The molecule has 4 aromatic rings. The number of aryl methyl sites for hydroxylation is 1. The summed E-state index contributed by atoms with van der Waals surface area (Å²) in [4.78, 5) is 26.6. The number of para-hydroxylation sites is 1. The molecule has 2 heterocycles. The highest BCUT2D eigenvalue weighted by Gasteiger charge is 2.26. The number of aromatic hydroxyl groups is 1. The molecule has 0 bridgehead atoms. The van der Waals surface area contributed by atoms with E-state index in [1.54, 1.807) is 44.5 Å². The molecule has 1 aliphatic heterocycles. The Hall–Kier alpha value is -4.46.